The van der Waals surface area contributed by atoms with E-state index in [2.05, 4.69) is 23.5 Å². The number of aromatic nitrogens is 2. The van der Waals surface area contributed by atoms with Crippen molar-refractivity contribution in [2.75, 3.05) is 5.32 Å². The Morgan fingerprint density at radius 1 is 1.26 bits per heavy atom. The highest BCUT2D eigenvalue weighted by Crippen LogP contribution is 2.40. The minimum Gasteiger partial charge on any atom is -0.294 e. The Labute approximate surface area is 138 Å². The molecule has 0 radical (unpaired) electrons. The van der Waals surface area contributed by atoms with Gasteiger partial charge >= 0.3 is 6.18 Å². The minimum absolute atomic E-state index is 0.0257. The van der Waals surface area contributed by atoms with E-state index in [-0.39, 0.29) is 22.9 Å². The number of anilines is 1. The van der Waals surface area contributed by atoms with Gasteiger partial charge in [-0.15, -0.1) is 0 Å². The number of nitrogens with one attached hydrogen (secondary N) is 1. The third-order valence-electron chi connectivity index (χ3n) is 3.25. The summed E-state index contributed by atoms with van der Waals surface area (Å²) < 4.78 is 39.1. The lowest BCUT2D eigenvalue weighted by Crippen LogP contribution is -2.44. The number of hydrogen-bond donors (Lipinski definition) is 1. The van der Waals surface area contributed by atoms with Crippen LogP contribution in [0, 0.1) is 0 Å². The van der Waals surface area contributed by atoms with Gasteiger partial charge in [-0.2, -0.15) is 13.2 Å². The number of amides is 1. The Balaban J connectivity index is 2.72. The fourth-order valence-electron chi connectivity index (χ4n) is 2.46. The van der Waals surface area contributed by atoms with Crippen LogP contribution in [-0.2, 0) is 16.5 Å². The first kappa shape index (κ1) is 17.6. The van der Waals surface area contributed by atoms with Gasteiger partial charge in [0.2, 0.25) is 5.95 Å². The molecular formula is C13H10Cl2F3N3O2. The van der Waals surface area contributed by atoms with Gasteiger partial charge in [0.1, 0.15) is 5.54 Å². The highest BCUT2D eigenvalue weighted by atomic mass is 35.5. The van der Waals surface area contributed by atoms with Crippen molar-refractivity contribution in [3.63, 3.8) is 0 Å². The normalized spacial score (nSPS) is 16.0. The van der Waals surface area contributed by atoms with Crippen LogP contribution in [0.25, 0.3) is 0 Å². The maximum Gasteiger partial charge on any atom is 0.433 e. The average molecular weight is 368 g/mol. The second kappa shape index (κ2) is 5.68. The van der Waals surface area contributed by atoms with Crippen molar-refractivity contribution in [1.82, 2.24) is 9.55 Å². The molecule has 1 N–H and O–H groups in total. The summed E-state index contributed by atoms with van der Waals surface area (Å²) in [6.45, 7) is 6.92. The maximum atomic E-state index is 12.8. The first-order chi connectivity index (χ1) is 10.5. The lowest BCUT2D eigenvalue weighted by atomic mass is 9.90. The molecule has 0 unspecified atom stereocenters. The van der Waals surface area contributed by atoms with Gasteiger partial charge in [-0.05, 0) is 0 Å². The van der Waals surface area contributed by atoms with Crippen molar-refractivity contribution < 1.29 is 18.0 Å². The first-order valence-corrected chi connectivity index (χ1v) is 6.93. The largest absolute Gasteiger partial charge is 0.433 e. The Bertz CT molecular complexity index is 755. The van der Waals surface area contributed by atoms with Gasteiger partial charge in [0.25, 0.3) is 11.5 Å². The molecule has 0 fully saturated rings. The molecule has 124 valence electrons. The van der Waals surface area contributed by atoms with Crippen LogP contribution in [0.5, 0.6) is 0 Å². The minimum atomic E-state index is -4.82. The lowest BCUT2D eigenvalue weighted by molar-refractivity contribution is -0.141. The Morgan fingerprint density at radius 3 is 2.22 bits per heavy atom. The molecule has 2 rings (SSSR count). The number of fused-ring (bicyclic) bond motifs is 1. The lowest BCUT2D eigenvalue weighted by Gasteiger charge is -2.27. The van der Waals surface area contributed by atoms with Crippen LogP contribution >= 0.6 is 23.2 Å². The number of halogens is 5. The summed E-state index contributed by atoms with van der Waals surface area (Å²) in [4.78, 5) is 27.8. The molecule has 1 amide bonds. The third kappa shape index (κ3) is 3.13. The standard InChI is InChI=1S/C13H10Cl2F3N3O2/c1-6(14)4-12(5-7(2)15)10(23)20-11-19-8(13(16,17)18)3-9(22)21(11)12/h3H,1-2,4-5H2,(H,19,20,23). The van der Waals surface area contributed by atoms with Crippen molar-refractivity contribution in [3.8, 4) is 0 Å². The van der Waals surface area contributed by atoms with E-state index in [0.717, 1.165) is 4.57 Å². The highest BCUT2D eigenvalue weighted by molar-refractivity contribution is 6.30. The summed E-state index contributed by atoms with van der Waals surface area (Å²) in [5.74, 6) is -1.28. The highest BCUT2D eigenvalue weighted by Gasteiger charge is 2.49. The van der Waals surface area contributed by atoms with Gasteiger partial charge < -0.3 is 0 Å². The zero-order valence-corrected chi connectivity index (χ0v) is 13.0. The molecule has 23 heavy (non-hydrogen) atoms. The number of alkyl halides is 3. The van der Waals surface area contributed by atoms with Crippen molar-refractivity contribution in [3.05, 3.63) is 45.3 Å². The van der Waals surface area contributed by atoms with E-state index in [1.54, 1.807) is 0 Å². The molecule has 0 saturated carbocycles. The number of allylic oxidation sites excluding steroid dienone is 2. The van der Waals surface area contributed by atoms with E-state index in [4.69, 9.17) is 23.2 Å². The van der Waals surface area contributed by atoms with Crippen LogP contribution in [0.2, 0.25) is 0 Å². The smallest absolute Gasteiger partial charge is 0.294 e. The quantitative estimate of drug-likeness (QED) is 0.888. The molecule has 0 aromatic carbocycles. The molecule has 0 bridgehead atoms. The van der Waals surface area contributed by atoms with Gasteiger partial charge in [-0.25, -0.2) is 4.98 Å². The number of hydrogen-bond acceptors (Lipinski definition) is 3. The monoisotopic (exact) mass is 367 g/mol. The predicted octanol–water partition coefficient (Wildman–Crippen LogP) is 3.19. The van der Waals surface area contributed by atoms with Gasteiger partial charge in [0, 0.05) is 29.0 Å². The third-order valence-corrected chi connectivity index (χ3v) is 3.52. The zero-order chi connectivity index (χ0) is 17.6. The molecule has 0 atom stereocenters. The zero-order valence-electron chi connectivity index (χ0n) is 11.5. The van der Waals surface area contributed by atoms with Crippen molar-refractivity contribution in [2.24, 2.45) is 0 Å². The van der Waals surface area contributed by atoms with Gasteiger partial charge in [0.05, 0.1) is 0 Å². The summed E-state index contributed by atoms with van der Waals surface area (Å²) in [6, 6.07) is 0.312. The Morgan fingerprint density at radius 2 is 1.78 bits per heavy atom. The molecule has 0 spiro atoms. The van der Waals surface area contributed by atoms with E-state index in [9.17, 15) is 22.8 Å². The van der Waals surface area contributed by atoms with Crippen molar-refractivity contribution >= 4 is 35.1 Å². The maximum absolute atomic E-state index is 12.8. The molecular weight excluding hydrogens is 358 g/mol. The molecule has 1 aliphatic rings. The SMILES string of the molecule is C=C(Cl)CC1(CC(=C)Cl)C(=O)Nc2nc(C(F)(F)F)cc(=O)n21. The van der Waals surface area contributed by atoms with E-state index in [1.807, 2.05) is 0 Å². The number of carbonyl (C=O) groups excluding carboxylic acids is 1. The topological polar surface area (TPSA) is 64.0 Å². The van der Waals surface area contributed by atoms with E-state index in [0.29, 0.717) is 6.07 Å². The second-order valence-corrected chi connectivity index (χ2v) is 6.08. The van der Waals surface area contributed by atoms with Gasteiger partial charge in [-0.1, -0.05) is 36.4 Å². The van der Waals surface area contributed by atoms with Crippen LogP contribution in [0.1, 0.15) is 18.5 Å². The summed E-state index contributed by atoms with van der Waals surface area (Å²) in [7, 11) is 0. The molecule has 0 saturated heterocycles. The van der Waals surface area contributed by atoms with Gasteiger partial charge in [0.15, 0.2) is 5.69 Å². The molecule has 2 heterocycles. The second-order valence-electron chi connectivity index (χ2n) is 5.01. The van der Waals surface area contributed by atoms with E-state index < -0.39 is 34.8 Å². The average Bonchev–Trinajstić information content (AvgIpc) is 2.59. The fraction of sp³-hybridized carbons (Fsp3) is 0.308. The van der Waals surface area contributed by atoms with Crippen LogP contribution in [-0.4, -0.2) is 15.5 Å². The van der Waals surface area contributed by atoms with Crippen molar-refractivity contribution in [2.45, 2.75) is 24.6 Å². The molecule has 1 aromatic rings. The molecule has 10 heteroatoms. The summed E-state index contributed by atoms with van der Waals surface area (Å²) in [6.07, 6.45) is -5.25. The predicted molar refractivity (Wildman–Crippen MR) is 79.3 cm³/mol. The van der Waals surface area contributed by atoms with E-state index >= 15 is 0 Å². The molecule has 1 aliphatic heterocycles. The summed E-state index contributed by atoms with van der Waals surface area (Å²) >= 11 is 11.5. The molecule has 1 aromatic heterocycles. The van der Waals surface area contributed by atoms with Crippen molar-refractivity contribution in [1.29, 1.82) is 0 Å². The fourth-order valence-corrected chi connectivity index (χ4v) is 2.90. The molecule has 0 aliphatic carbocycles. The van der Waals surface area contributed by atoms with Crippen LogP contribution in [0.15, 0.2) is 34.1 Å². The number of rotatable bonds is 4. The van der Waals surface area contributed by atoms with Gasteiger partial charge in [-0.3, -0.25) is 19.5 Å². The Kier molecular flexibility index (Phi) is 4.34. The summed E-state index contributed by atoms with van der Waals surface area (Å²) in [5.41, 5.74) is -4.11. The Hall–Kier alpha value is -1.80. The first-order valence-electron chi connectivity index (χ1n) is 6.17. The van der Waals surface area contributed by atoms with Crippen LogP contribution in [0.4, 0.5) is 19.1 Å². The number of nitrogens with zero attached hydrogens (tertiary/aromatic N) is 2. The van der Waals surface area contributed by atoms with E-state index in [1.165, 1.54) is 0 Å². The van der Waals surface area contributed by atoms with Crippen LogP contribution < -0.4 is 10.9 Å². The number of carbonyl (C=O) groups is 1. The summed E-state index contributed by atoms with van der Waals surface area (Å²) in [5, 5.41) is 2.22. The molecule has 5 nitrogen and oxygen atoms in total. The van der Waals surface area contributed by atoms with Crippen LogP contribution in [0.3, 0.4) is 0 Å².